The zero-order valence-electron chi connectivity index (χ0n) is 18.0. The van der Waals surface area contributed by atoms with Crippen LogP contribution in [0, 0.1) is 0 Å². The summed E-state index contributed by atoms with van der Waals surface area (Å²) in [4.78, 5) is 2.21. The number of methoxy groups -OCH3 is 2. The van der Waals surface area contributed by atoms with Gasteiger partial charge in [0.1, 0.15) is 11.5 Å². The Morgan fingerprint density at radius 1 is 0.531 bits per heavy atom. The molecule has 4 heteroatoms. The Morgan fingerprint density at radius 2 is 0.875 bits per heavy atom. The average Bonchev–Trinajstić information content (AvgIpc) is 2.85. The molecule has 0 saturated carbocycles. The summed E-state index contributed by atoms with van der Waals surface area (Å²) >= 11 is 3.47. The highest BCUT2D eigenvalue weighted by atomic mass is 79.9. The van der Waals surface area contributed by atoms with E-state index in [0.717, 1.165) is 44.2 Å². The Hall–Kier alpha value is -3.50. The van der Waals surface area contributed by atoms with Gasteiger partial charge >= 0.3 is 0 Å². The van der Waals surface area contributed by atoms with E-state index < -0.39 is 0 Å². The molecule has 4 aromatic rings. The topological polar surface area (TPSA) is 21.7 Å². The van der Waals surface area contributed by atoms with Gasteiger partial charge in [-0.2, -0.15) is 0 Å². The van der Waals surface area contributed by atoms with Crippen molar-refractivity contribution in [3.8, 4) is 11.5 Å². The predicted octanol–water partition coefficient (Wildman–Crippen LogP) is 8.11. The number of hydrogen-bond acceptors (Lipinski definition) is 3. The van der Waals surface area contributed by atoms with Crippen LogP contribution in [0.2, 0.25) is 0 Å². The zero-order chi connectivity index (χ0) is 22.3. The fourth-order valence-electron chi connectivity index (χ4n) is 3.41. The number of hydrogen-bond donors (Lipinski definition) is 0. The number of ether oxygens (including phenoxy) is 2. The molecule has 0 aromatic heterocycles. The van der Waals surface area contributed by atoms with E-state index in [0.29, 0.717) is 0 Å². The van der Waals surface area contributed by atoms with Crippen molar-refractivity contribution in [2.24, 2.45) is 0 Å². The molecule has 0 radical (unpaired) electrons. The van der Waals surface area contributed by atoms with Crippen LogP contribution in [-0.2, 0) is 0 Å². The maximum atomic E-state index is 5.33. The maximum Gasteiger partial charge on any atom is 0.119 e. The number of nitrogens with zero attached hydrogens (tertiary/aromatic N) is 1. The van der Waals surface area contributed by atoms with E-state index in [1.165, 1.54) is 0 Å². The van der Waals surface area contributed by atoms with Crippen LogP contribution in [0.5, 0.6) is 11.5 Å². The van der Waals surface area contributed by atoms with E-state index in [1.54, 1.807) is 14.2 Å². The van der Waals surface area contributed by atoms with E-state index in [1.807, 2.05) is 36.4 Å². The number of benzene rings is 4. The molecule has 0 saturated heterocycles. The van der Waals surface area contributed by atoms with Crippen molar-refractivity contribution in [2.75, 3.05) is 19.1 Å². The molecule has 0 amide bonds. The fraction of sp³-hybridized carbons (Fsp3) is 0.0714. The summed E-state index contributed by atoms with van der Waals surface area (Å²) in [6, 6.07) is 32.9. The smallest absolute Gasteiger partial charge is 0.119 e. The summed E-state index contributed by atoms with van der Waals surface area (Å²) in [6.45, 7) is 0. The summed E-state index contributed by atoms with van der Waals surface area (Å²) in [5.74, 6) is 1.66. The molecule has 0 aliphatic rings. The van der Waals surface area contributed by atoms with E-state index in [-0.39, 0.29) is 0 Å². The van der Waals surface area contributed by atoms with Crippen molar-refractivity contribution in [1.82, 2.24) is 0 Å². The molecular formula is C28H24BrNO2. The van der Waals surface area contributed by atoms with Crippen molar-refractivity contribution >= 4 is 45.1 Å². The molecule has 0 aliphatic carbocycles. The summed E-state index contributed by atoms with van der Waals surface area (Å²) in [7, 11) is 3.35. The Morgan fingerprint density at radius 3 is 1.25 bits per heavy atom. The van der Waals surface area contributed by atoms with Crippen LogP contribution in [0.25, 0.3) is 12.2 Å². The van der Waals surface area contributed by atoms with Gasteiger partial charge in [-0.15, -0.1) is 0 Å². The molecule has 4 rings (SSSR count). The van der Waals surface area contributed by atoms with Crippen LogP contribution in [0.4, 0.5) is 17.1 Å². The van der Waals surface area contributed by atoms with E-state index in [2.05, 4.69) is 93.6 Å². The predicted molar refractivity (Wildman–Crippen MR) is 137 cm³/mol. The third-order valence-corrected chi connectivity index (χ3v) is 5.68. The maximum absolute atomic E-state index is 5.33. The van der Waals surface area contributed by atoms with Crippen molar-refractivity contribution in [2.45, 2.75) is 0 Å². The minimum absolute atomic E-state index is 0.830. The van der Waals surface area contributed by atoms with Gasteiger partial charge in [-0.3, -0.25) is 0 Å². The normalized spacial score (nSPS) is 10.8. The standard InChI is InChI=1S/C28H24BrNO2/c1-31-27-17-13-25(14-18-27)30(26-15-19-28(32-2)20-16-26)24-11-7-22(8-12-24)4-3-21-5-9-23(29)10-6-21/h3-20H,1-2H3/b4-3+. The monoisotopic (exact) mass is 485 g/mol. The van der Waals surface area contributed by atoms with Crippen molar-refractivity contribution in [3.05, 3.63) is 113 Å². The highest BCUT2D eigenvalue weighted by molar-refractivity contribution is 9.10. The zero-order valence-corrected chi connectivity index (χ0v) is 19.6. The van der Waals surface area contributed by atoms with Crippen LogP contribution in [0.1, 0.15) is 11.1 Å². The SMILES string of the molecule is COc1ccc(N(c2ccc(/C=C/c3ccc(Br)cc3)cc2)c2ccc(OC)cc2)cc1. The first-order chi connectivity index (χ1) is 15.7. The molecule has 3 nitrogen and oxygen atoms in total. The molecule has 0 heterocycles. The highest BCUT2D eigenvalue weighted by Crippen LogP contribution is 2.36. The fourth-order valence-corrected chi connectivity index (χ4v) is 3.67. The summed E-state index contributed by atoms with van der Waals surface area (Å²) in [5.41, 5.74) is 5.47. The Kier molecular flexibility index (Phi) is 6.93. The lowest BCUT2D eigenvalue weighted by Gasteiger charge is -2.26. The molecule has 4 aromatic carbocycles. The Balaban J connectivity index is 1.64. The Labute approximate surface area is 197 Å². The molecule has 0 atom stereocenters. The van der Waals surface area contributed by atoms with Gasteiger partial charge in [0.25, 0.3) is 0 Å². The van der Waals surface area contributed by atoms with Crippen LogP contribution >= 0.6 is 15.9 Å². The number of halogens is 1. The van der Waals surface area contributed by atoms with Crippen LogP contribution in [-0.4, -0.2) is 14.2 Å². The van der Waals surface area contributed by atoms with Gasteiger partial charge in [0.15, 0.2) is 0 Å². The molecule has 0 bridgehead atoms. The van der Waals surface area contributed by atoms with Crippen LogP contribution in [0.15, 0.2) is 102 Å². The van der Waals surface area contributed by atoms with Gasteiger partial charge in [-0.25, -0.2) is 0 Å². The molecule has 160 valence electrons. The van der Waals surface area contributed by atoms with Gasteiger partial charge in [0, 0.05) is 21.5 Å². The second kappa shape index (κ2) is 10.2. The highest BCUT2D eigenvalue weighted by Gasteiger charge is 2.12. The first-order valence-corrected chi connectivity index (χ1v) is 11.1. The molecule has 32 heavy (non-hydrogen) atoms. The largest absolute Gasteiger partial charge is 0.497 e. The second-order valence-corrected chi connectivity index (χ2v) is 8.12. The lowest BCUT2D eigenvalue weighted by atomic mass is 10.1. The van der Waals surface area contributed by atoms with Crippen LogP contribution in [0.3, 0.4) is 0 Å². The lowest BCUT2D eigenvalue weighted by Crippen LogP contribution is -2.09. The summed E-state index contributed by atoms with van der Waals surface area (Å²) in [5, 5.41) is 0. The Bertz CT molecular complexity index is 1120. The third kappa shape index (κ3) is 5.21. The van der Waals surface area contributed by atoms with Crippen molar-refractivity contribution in [3.63, 3.8) is 0 Å². The van der Waals surface area contributed by atoms with Crippen molar-refractivity contribution < 1.29 is 9.47 Å². The average molecular weight is 486 g/mol. The van der Waals surface area contributed by atoms with E-state index in [9.17, 15) is 0 Å². The minimum atomic E-state index is 0.830. The quantitative estimate of drug-likeness (QED) is 0.246. The summed E-state index contributed by atoms with van der Waals surface area (Å²) < 4.78 is 11.7. The van der Waals surface area contributed by atoms with Gasteiger partial charge in [-0.05, 0) is 83.9 Å². The minimum Gasteiger partial charge on any atom is -0.497 e. The van der Waals surface area contributed by atoms with E-state index >= 15 is 0 Å². The number of anilines is 3. The second-order valence-electron chi connectivity index (χ2n) is 7.21. The molecule has 0 N–H and O–H groups in total. The lowest BCUT2D eigenvalue weighted by molar-refractivity contribution is 0.415. The van der Waals surface area contributed by atoms with E-state index in [4.69, 9.17) is 9.47 Å². The third-order valence-electron chi connectivity index (χ3n) is 5.15. The van der Waals surface area contributed by atoms with Gasteiger partial charge in [0.05, 0.1) is 14.2 Å². The molecule has 0 unspecified atom stereocenters. The molecule has 0 fully saturated rings. The van der Waals surface area contributed by atoms with Crippen LogP contribution < -0.4 is 14.4 Å². The van der Waals surface area contributed by atoms with Gasteiger partial charge < -0.3 is 14.4 Å². The first-order valence-electron chi connectivity index (χ1n) is 10.3. The summed E-state index contributed by atoms with van der Waals surface area (Å²) in [6.07, 6.45) is 4.24. The molecular weight excluding hydrogens is 462 g/mol. The molecule has 0 spiro atoms. The number of rotatable bonds is 7. The van der Waals surface area contributed by atoms with Gasteiger partial charge in [0.2, 0.25) is 0 Å². The first kappa shape index (κ1) is 21.7. The van der Waals surface area contributed by atoms with Gasteiger partial charge in [-0.1, -0.05) is 52.3 Å². The van der Waals surface area contributed by atoms with Crippen molar-refractivity contribution in [1.29, 1.82) is 0 Å². The molecule has 0 aliphatic heterocycles.